The summed E-state index contributed by atoms with van der Waals surface area (Å²) in [6.07, 6.45) is 0.659. The van der Waals surface area contributed by atoms with Crippen molar-refractivity contribution in [1.82, 2.24) is 4.90 Å². The Morgan fingerprint density at radius 3 is 2.54 bits per heavy atom. The molecule has 2 aromatic rings. The van der Waals surface area contributed by atoms with Crippen LogP contribution in [0.3, 0.4) is 0 Å². The summed E-state index contributed by atoms with van der Waals surface area (Å²) in [6.45, 7) is 2.75. The second kappa shape index (κ2) is 6.83. The van der Waals surface area contributed by atoms with E-state index in [1.807, 2.05) is 47.4 Å². The summed E-state index contributed by atoms with van der Waals surface area (Å²) in [5, 5.41) is 3.48. The van der Waals surface area contributed by atoms with Gasteiger partial charge in [0.15, 0.2) is 11.5 Å². The van der Waals surface area contributed by atoms with Crippen LogP contribution in [0, 0.1) is 0 Å². The van der Waals surface area contributed by atoms with E-state index in [0.717, 1.165) is 17.7 Å². The monoisotopic (exact) mass is 326 g/mol. The topological polar surface area (TPSA) is 50.8 Å². The largest absolute Gasteiger partial charge is 0.493 e. The first kappa shape index (κ1) is 16.2. The van der Waals surface area contributed by atoms with Gasteiger partial charge in [-0.05, 0) is 36.2 Å². The number of rotatable bonds is 5. The SMILES string of the molecule is CCCN1C(=O)c2ccccc2N[C@@H]1c1ccc(OC)c(OC)c1. The number of methoxy groups -OCH3 is 2. The van der Waals surface area contributed by atoms with Crippen LogP contribution in [0.1, 0.15) is 35.4 Å². The molecule has 2 aromatic carbocycles. The Morgan fingerprint density at radius 1 is 1.08 bits per heavy atom. The van der Waals surface area contributed by atoms with Crippen LogP contribution in [0.15, 0.2) is 42.5 Å². The number of carbonyl (C=O) groups excluding carboxylic acids is 1. The highest BCUT2D eigenvalue weighted by molar-refractivity contribution is 6.01. The van der Waals surface area contributed by atoms with Crippen LogP contribution >= 0.6 is 0 Å². The maximum absolute atomic E-state index is 12.9. The van der Waals surface area contributed by atoms with Gasteiger partial charge in [-0.3, -0.25) is 4.79 Å². The molecule has 0 bridgehead atoms. The molecule has 1 aliphatic heterocycles. The lowest BCUT2D eigenvalue weighted by molar-refractivity contribution is 0.0683. The molecule has 3 rings (SSSR count). The predicted octanol–water partition coefficient (Wildman–Crippen LogP) is 3.68. The molecule has 1 heterocycles. The Balaban J connectivity index is 2.03. The predicted molar refractivity (Wildman–Crippen MR) is 93.7 cm³/mol. The smallest absolute Gasteiger partial charge is 0.257 e. The number of carbonyl (C=O) groups is 1. The van der Waals surface area contributed by atoms with Gasteiger partial charge in [0.1, 0.15) is 6.17 Å². The van der Waals surface area contributed by atoms with Crippen molar-refractivity contribution >= 4 is 11.6 Å². The molecule has 0 unspecified atom stereocenters. The van der Waals surface area contributed by atoms with E-state index in [1.54, 1.807) is 14.2 Å². The first-order valence-electron chi connectivity index (χ1n) is 8.08. The minimum atomic E-state index is -0.229. The van der Waals surface area contributed by atoms with Crippen molar-refractivity contribution in [1.29, 1.82) is 0 Å². The summed E-state index contributed by atoms with van der Waals surface area (Å²) in [4.78, 5) is 14.8. The summed E-state index contributed by atoms with van der Waals surface area (Å²) in [5.41, 5.74) is 2.53. The molecule has 0 saturated carbocycles. The van der Waals surface area contributed by atoms with E-state index in [2.05, 4.69) is 12.2 Å². The van der Waals surface area contributed by atoms with Gasteiger partial charge < -0.3 is 19.7 Å². The Bertz CT molecular complexity index is 745. The van der Waals surface area contributed by atoms with Crippen molar-refractivity contribution in [3.05, 3.63) is 53.6 Å². The van der Waals surface area contributed by atoms with Gasteiger partial charge in [-0.2, -0.15) is 0 Å². The maximum atomic E-state index is 12.9. The average molecular weight is 326 g/mol. The fraction of sp³-hybridized carbons (Fsp3) is 0.316. The molecule has 0 saturated heterocycles. The van der Waals surface area contributed by atoms with Crippen LogP contribution in [0.5, 0.6) is 11.5 Å². The first-order valence-corrected chi connectivity index (χ1v) is 8.08. The molecule has 126 valence electrons. The third-order valence-electron chi connectivity index (χ3n) is 4.21. The normalized spacial score (nSPS) is 16.4. The number of nitrogens with zero attached hydrogens (tertiary/aromatic N) is 1. The number of anilines is 1. The quantitative estimate of drug-likeness (QED) is 0.910. The van der Waals surface area contributed by atoms with Crippen LogP contribution in [-0.2, 0) is 0 Å². The van der Waals surface area contributed by atoms with E-state index >= 15 is 0 Å². The number of benzene rings is 2. The lowest BCUT2D eigenvalue weighted by atomic mass is 10.0. The number of para-hydroxylation sites is 1. The summed E-state index contributed by atoms with van der Waals surface area (Å²) in [6, 6.07) is 13.4. The molecule has 1 aliphatic rings. The van der Waals surface area contributed by atoms with E-state index in [4.69, 9.17) is 9.47 Å². The first-order chi connectivity index (χ1) is 11.7. The summed E-state index contributed by atoms with van der Waals surface area (Å²) in [5.74, 6) is 1.37. The third-order valence-corrected chi connectivity index (χ3v) is 4.21. The number of fused-ring (bicyclic) bond motifs is 1. The molecule has 1 atom stereocenters. The van der Waals surface area contributed by atoms with Crippen molar-refractivity contribution in [2.24, 2.45) is 0 Å². The van der Waals surface area contributed by atoms with E-state index < -0.39 is 0 Å². The molecule has 0 aliphatic carbocycles. The van der Waals surface area contributed by atoms with Crippen LogP contribution in [0.25, 0.3) is 0 Å². The van der Waals surface area contributed by atoms with E-state index in [0.29, 0.717) is 23.6 Å². The number of ether oxygens (including phenoxy) is 2. The van der Waals surface area contributed by atoms with Gasteiger partial charge in [0.05, 0.1) is 19.8 Å². The van der Waals surface area contributed by atoms with E-state index in [1.165, 1.54) is 0 Å². The van der Waals surface area contributed by atoms with Gasteiger partial charge in [-0.25, -0.2) is 0 Å². The zero-order valence-electron chi connectivity index (χ0n) is 14.2. The lowest BCUT2D eigenvalue weighted by Gasteiger charge is -2.38. The standard InChI is InChI=1S/C19H22N2O3/c1-4-11-21-18(13-9-10-16(23-2)17(12-13)24-3)20-15-8-6-5-7-14(15)19(21)22/h5-10,12,18,20H,4,11H2,1-3H3/t18-/m0/s1. The lowest BCUT2D eigenvalue weighted by Crippen LogP contribution is -2.43. The van der Waals surface area contributed by atoms with E-state index in [9.17, 15) is 4.79 Å². The third kappa shape index (κ3) is 2.77. The Labute approximate surface area is 142 Å². The summed E-state index contributed by atoms with van der Waals surface area (Å²) >= 11 is 0. The molecule has 0 radical (unpaired) electrons. The number of hydrogen-bond donors (Lipinski definition) is 1. The molecular weight excluding hydrogens is 304 g/mol. The van der Waals surface area contributed by atoms with Gasteiger partial charge in [-0.15, -0.1) is 0 Å². The molecule has 5 nitrogen and oxygen atoms in total. The number of nitrogens with one attached hydrogen (secondary N) is 1. The van der Waals surface area contributed by atoms with Crippen molar-refractivity contribution in [2.75, 3.05) is 26.1 Å². The van der Waals surface area contributed by atoms with Crippen LogP contribution in [0.4, 0.5) is 5.69 Å². The van der Waals surface area contributed by atoms with Gasteiger partial charge in [-0.1, -0.05) is 25.1 Å². The molecule has 0 fully saturated rings. The highest BCUT2D eigenvalue weighted by Gasteiger charge is 2.32. The van der Waals surface area contributed by atoms with Gasteiger partial charge in [0, 0.05) is 12.2 Å². The van der Waals surface area contributed by atoms with E-state index in [-0.39, 0.29) is 12.1 Å². The second-order valence-electron chi connectivity index (χ2n) is 5.71. The average Bonchev–Trinajstić information content (AvgIpc) is 2.63. The summed E-state index contributed by atoms with van der Waals surface area (Å²) < 4.78 is 10.7. The van der Waals surface area contributed by atoms with Crippen molar-refractivity contribution in [3.63, 3.8) is 0 Å². The fourth-order valence-corrected chi connectivity index (χ4v) is 3.05. The maximum Gasteiger partial charge on any atom is 0.257 e. The highest BCUT2D eigenvalue weighted by Crippen LogP contribution is 2.36. The van der Waals surface area contributed by atoms with Crippen LogP contribution < -0.4 is 14.8 Å². The molecule has 1 N–H and O–H groups in total. The molecule has 0 spiro atoms. The van der Waals surface area contributed by atoms with Crippen molar-refractivity contribution in [3.8, 4) is 11.5 Å². The minimum absolute atomic E-state index is 0.0472. The van der Waals surface area contributed by atoms with Crippen LogP contribution in [0.2, 0.25) is 0 Å². The number of amides is 1. The van der Waals surface area contributed by atoms with Gasteiger partial charge >= 0.3 is 0 Å². The van der Waals surface area contributed by atoms with Gasteiger partial charge in [0.25, 0.3) is 5.91 Å². The molecular formula is C19H22N2O3. The van der Waals surface area contributed by atoms with Crippen LogP contribution in [-0.4, -0.2) is 31.6 Å². The number of hydrogen-bond acceptors (Lipinski definition) is 4. The Kier molecular flexibility index (Phi) is 4.60. The summed E-state index contributed by atoms with van der Waals surface area (Å²) in [7, 11) is 3.22. The Hall–Kier alpha value is -2.69. The molecule has 0 aromatic heterocycles. The zero-order valence-corrected chi connectivity index (χ0v) is 14.2. The fourth-order valence-electron chi connectivity index (χ4n) is 3.05. The molecule has 5 heteroatoms. The van der Waals surface area contributed by atoms with Crippen molar-refractivity contribution in [2.45, 2.75) is 19.5 Å². The highest BCUT2D eigenvalue weighted by atomic mass is 16.5. The van der Waals surface area contributed by atoms with Gasteiger partial charge in [0.2, 0.25) is 0 Å². The molecule has 1 amide bonds. The second-order valence-corrected chi connectivity index (χ2v) is 5.71. The minimum Gasteiger partial charge on any atom is -0.493 e. The Morgan fingerprint density at radius 2 is 1.83 bits per heavy atom. The van der Waals surface area contributed by atoms with Crippen molar-refractivity contribution < 1.29 is 14.3 Å². The zero-order chi connectivity index (χ0) is 17.1. The molecule has 24 heavy (non-hydrogen) atoms.